The van der Waals surface area contributed by atoms with E-state index in [1.807, 2.05) is 56.3 Å². The van der Waals surface area contributed by atoms with Crippen molar-refractivity contribution in [1.29, 1.82) is 0 Å². The van der Waals surface area contributed by atoms with Gasteiger partial charge in [-0.1, -0.05) is 29.8 Å². The van der Waals surface area contributed by atoms with Crippen molar-refractivity contribution in [2.75, 3.05) is 5.32 Å². The fraction of sp³-hybridized carbons (Fsp3) is 0.158. The number of thiazole rings is 1. The second-order valence-corrected chi connectivity index (χ2v) is 6.78. The number of carbonyl (C=O) groups is 1. The Hall–Kier alpha value is -2.46. The molecule has 0 atom stereocenters. The van der Waals surface area contributed by atoms with E-state index >= 15 is 0 Å². The van der Waals surface area contributed by atoms with Crippen molar-refractivity contribution >= 4 is 33.1 Å². The minimum Gasteiger partial charge on any atom is -0.323 e. The van der Waals surface area contributed by atoms with Gasteiger partial charge in [0, 0.05) is 18.2 Å². The van der Waals surface area contributed by atoms with Gasteiger partial charge in [-0.3, -0.25) is 4.79 Å². The highest BCUT2D eigenvalue weighted by Crippen LogP contribution is 2.24. The van der Waals surface area contributed by atoms with E-state index in [2.05, 4.69) is 16.4 Å². The van der Waals surface area contributed by atoms with Gasteiger partial charge in [-0.25, -0.2) is 4.98 Å². The van der Waals surface area contributed by atoms with Crippen LogP contribution in [0.4, 0.5) is 5.69 Å². The number of para-hydroxylation sites is 1. The van der Waals surface area contributed by atoms with Gasteiger partial charge in [0.25, 0.3) is 0 Å². The standard InChI is InChI=1S/C19H18N2OS/c1-13(2)11-18(22)20-15-9-7-14(8-10-15)12-19-21-16-5-3-4-6-17(16)23-19/h3-11H,12H2,1-2H3,(H,20,22). The minimum absolute atomic E-state index is 0.0936. The summed E-state index contributed by atoms with van der Waals surface area (Å²) in [6, 6.07) is 16.1. The van der Waals surface area contributed by atoms with Crippen LogP contribution in [-0.2, 0) is 11.2 Å². The summed E-state index contributed by atoms with van der Waals surface area (Å²) in [6.07, 6.45) is 2.40. The van der Waals surface area contributed by atoms with Crippen molar-refractivity contribution in [3.8, 4) is 0 Å². The number of hydrogen-bond donors (Lipinski definition) is 1. The van der Waals surface area contributed by atoms with Crippen LogP contribution in [0.5, 0.6) is 0 Å². The maximum atomic E-state index is 11.7. The smallest absolute Gasteiger partial charge is 0.248 e. The van der Waals surface area contributed by atoms with Gasteiger partial charge >= 0.3 is 0 Å². The summed E-state index contributed by atoms with van der Waals surface area (Å²) < 4.78 is 1.22. The highest BCUT2D eigenvalue weighted by atomic mass is 32.1. The fourth-order valence-corrected chi connectivity index (χ4v) is 3.32. The highest BCUT2D eigenvalue weighted by molar-refractivity contribution is 7.18. The molecule has 1 aromatic heterocycles. The monoisotopic (exact) mass is 322 g/mol. The number of nitrogens with one attached hydrogen (secondary N) is 1. The lowest BCUT2D eigenvalue weighted by Gasteiger charge is -2.04. The highest BCUT2D eigenvalue weighted by Gasteiger charge is 2.05. The maximum Gasteiger partial charge on any atom is 0.248 e. The number of nitrogens with zero attached hydrogens (tertiary/aromatic N) is 1. The number of anilines is 1. The molecule has 1 amide bonds. The van der Waals surface area contributed by atoms with Gasteiger partial charge in [0.2, 0.25) is 5.91 Å². The third-order valence-corrected chi connectivity index (χ3v) is 4.37. The Morgan fingerprint density at radius 1 is 1.13 bits per heavy atom. The quantitative estimate of drug-likeness (QED) is 0.702. The average molecular weight is 322 g/mol. The first-order valence-corrected chi connectivity index (χ1v) is 8.31. The molecule has 23 heavy (non-hydrogen) atoms. The van der Waals surface area contributed by atoms with Crippen molar-refractivity contribution in [2.45, 2.75) is 20.3 Å². The lowest BCUT2D eigenvalue weighted by Crippen LogP contribution is -2.08. The van der Waals surface area contributed by atoms with Gasteiger partial charge < -0.3 is 5.32 Å². The van der Waals surface area contributed by atoms with Crippen LogP contribution in [0, 0.1) is 0 Å². The largest absolute Gasteiger partial charge is 0.323 e. The van der Waals surface area contributed by atoms with E-state index in [1.54, 1.807) is 17.4 Å². The second-order valence-electron chi connectivity index (χ2n) is 5.66. The zero-order chi connectivity index (χ0) is 16.2. The molecule has 0 bridgehead atoms. The van der Waals surface area contributed by atoms with E-state index in [0.717, 1.165) is 28.2 Å². The lowest BCUT2D eigenvalue weighted by molar-refractivity contribution is -0.111. The molecular formula is C19H18N2OS. The summed E-state index contributed by atoms with van der Waals surface area (Å²) in [5.41, 5.74) is 4.03. The van der Waals surface area contributed by atoms with E-state index in [1.165, 1.54) is 10.3 Å². The molecule has 3 aromatic rings. The van der Waals surface area contributed by atoms with Gasteiger partial charge in [-0.05, 0) is 43.7 Å². The van der Waals surface area contributed by atoms with E-state index in [9.17, 15) is 4.79 Å². The van der Waals surface area contributed by atoms with Crippen molar-refractivity contribution in [3.05, 3.63) is 70.8 Å². The Bertz CT molecular complexity index is 825. The number of carbonyl (C=O) groups excluding carboxylic acids is 1. The van der Waals surface area contributed by atoms with Crippen molar-refractivity contribution in [1.82, 2.24) is 4.98 Å². The molecule has 0 aliphatic heterocycles. The van der Waals surface area contributed by atoms with E-state index in [-0.39, 0.29) is 5.91 Å². The molecule has 0 radical (unpaired) electrons. The summed E-state index contributed by atoms with van der Waals surface area (Å²) in [5.74, 6) is -0.0936. The summed E-state index contributed by atoms with van der Waals surface area (Å²) in [4.78, 5) is 16.4. The fourth-order valence-electron chi connectivity index (χ4n) is 2.32. The van der Waals surface area contributed by atoms with Crippen LogP contribution in [0.2, 0.25) is 0 Å². The van der Waals surface area contributed by atoms with Crippen LogP contribution in [-0.4, -0.2) is 10.9 Å². The van der Waals surface area contributed by atoms with Crippen molar-refractivity contribution in [2.24, 2.45) is 0 Å². The molecule has 1 heterocycles. The zero-order valence-electron chi connectivity index (χ0n) is 13.2. The van der Waals surface area contributed by atoms with Crippen LogP contribution in [0.1, 0.15) is 24.4 Å². The molecule has 0 aliphatic carbocycles. The lowest BCUT2D eigenvalue weighted by atomic mass is 10.1. The van der Waals surface area contributed by atoms with Crippen LogP contribution < -0.4 is 5.32 Å². The predicted octanol–water partition coefficient (Wildman–Crippen LogP) is 4.79. The van der Waals surface area contributed by atoms with Gasteiger partial charge in [-0.2, -0.15) is 0 Å². The van der Waals surface area contributed by atoms with Gasteiger partial charge in [0.15, 0.2) is 0 Å². The van der Waals surface area contributed by atoms with Crippen molar-refractivity contribution < 1.29 is 4.79 Å². The summed E-state index contributed by atoms with van der Waals surface area (Å²) in [7, 11) is 0. The topological polar surface area (TPSA) is 42.0 Å². The number of fused-ring (bicyclic) bond motifs is 1. The van der Waals surface area contributed by atoms with E-state index < -0.39 is 0 Å². The van der Waals surface area contributed by atoms with E-state index in [0.29, 0.717) is 0 Å². The summed E-state index contributed by atoms with van der Waals surface area (Å²) in [5, 5.41) is 3.96. The third-order valence-electron chi connectivity index (χ3n) is 3.33. The normalized spacial score (nSPS) is 10.5. The molecule has 0 unspecified atom stereocenters. The predicted molar refractivity (Wildman–Crippen MR) is 96.9 cm³/mol. The molecule has 0 fully saturated rings. The molecule has 0 saturated carbocycles. The van der Waals surface area contributed by atoms with E-state index in [4.69, 9.17) is 0 Å². The SMILES string of the molecule is CC(C)=CC(=O)Nc1ccc(Cc2nc3ccccc3s2)cc1. The summed E-state index contributed by atoms with van der Waals surface area (Å²) in [6.45, 7) is 3.81. The molecule has 0 spiro atoms. The van der Waals surface area contributed by atoms with Gasteiger partial charge in [0.05, 0.1) is 15.2 Å². The number of amides is 1. The molecule has 3 rings (SSSR count). The molecule has 3 nitrogen and oxygen atoms in total. The van der Waals surface area contributed by atoms with Gasteiger partial charge in [-0.15, -0.1) is 11.3 Å². The first-order valence-electron chi connectivity index (χ1n) is 7.49. The molecule has 0 saturated heterocycles. The Balaban J connectivity index is 1.69. The van der Waals surface area contributed by atoms with Crippen LogP contribution in [0.15, 0.2) is 60.2 Å². The first kappa shape index (κ1) is 15.4. The number of hydrogen-bond acceptors (Lipinski definition) is 3. The first-order chi connectivity index (χ1) is 11.1. The van der Waals surface area contributed by atoms with Crippen LogP contribution in [0.25, 0.3) is 10.2 Å². The number of rotatable bonds is 4. The van der Waals surface area contributed by atoms with Crippen LogP contribution >= 0.6 is 11.3 Å². The maximum absolute atomic E-state index is 11.7. The second kappa shape index (κ2) is 6.75. The average Bonchev–Trinajstić information content (AvgIpc) is 2.90. The molecule has 116 valence electrons. The third kappa shape index (κ3) is 4.05. The zero-order valence-corrected chi connectivity index (χ0v) is 14.0. The summed E-state index contributed by atoms with van der Waals surface area (Å²) >= 11 is 1.73. The van der Waals surface area contributed by atoms with Crippen LogP contribution in [0.3, 0.4) is 0 Å². The number of benzene rings is 2. The Morgan fingerprint density at radius 3 is 2.57 bits per heavy atom. The molecule has 0 aliphatic rings. The number of allylic oxidation sites excluding steroid dienone is 1. The molecule has 1 N–H and O–H groups in total. The Labute approximate surface area is 139 Å². The minimum atomic E-state index is -0.0936. The Morgan fingerprint density at radius 2 is 1.87 bits per heavy atom. The Kier molecular flexibility index (Phi) is 4.53. The number of aromatic nitrogens is 1. The van der Waals surface area contributed by atoms with Gasteiger partial charge in [0.1, 0.15) is 0 Å². The molecule has 4 heteroatoms. The molecule has 2 aromatic carbocycles. The van der Waals surface area contributed by atoms with Crippen molar-refractivity contribution in [3.63, 3.8) is 0 Å². The molecular weight excluding hydrogens is 304 g/mol.